The molecule has 1 atom stereocenters. The lowest BCUT2D eigenvalue weighted by atomic mass is 9.76. The molecule has 2 aromatic heterocycles. The van der Waals surface area contributed by atoms with E-state index in [1.165, 1.54) is 4.68 Å². The second-order valence-corrected chi connectivity index (χ2v) is 8.51. The molecule has 0 unspecified atom stereocenters. The maximum atomic E-state index is 12.9. The van der Waals surface area contributed by atoms with E-state index >= 15 is 0 Å². The molecule has 0 spiro atoms. The van der Waals surface area contributed by atoms with Gasteiger partial charge in [-0.2, -0.15) is 5.10 Å². The van der Waals surface area contributed by atoms with Crippen LogP contribution in [0, 0.1) is 12.8 Å². The molecule has 7 nitrogen and oxygen atoms in total. The third-order valence-corrected chi connectivity index (χ3v) is 6.78. The molecule has 136 valence electrons. The van der Waals surface area contributed by atoms with Crippen molar-refractivity contribution in [3.8, 4) is 0 Å². The summed E-state index contributed by atoms with van der Waals surface area (Å²) in [5.41, 5.74) is 1.34. The van der Waals surface area contributed by atoms with Crippen molar-refractivity contribution < 1.29 is 13.5 Å². The lowest BCUT2D eigenvalue weighted by Crippen LogP contribution is -2.48. The van der Waals surface area contributed by atoms with Gasteiger partial charge in [0.25, 0.3) is 0 Å². The lowest BCUT2D eigenvalue weighted by molar-refractivity contribution is 0.0283. The molecule has 0 amide bonds. The number of halogens is 1. The van der Waals surface area contributed by atoms with Crippen LogP contribution < -0.4 is 4.72 Å². The van der Waals surface area contributed by atoms with Gasteiger partial charge in [0.1, 0.15) is 10.0 Å². The topological polar surface area (TPSA) is 97.1 Å². The first-order chi connectivity index (χ1) is 11.8. The molecule has 3 rings (SSSR count). The van der Waals surface area contributed by atoms with Gasteiger partial charge in [0.2, 0.25) is 10.0 Å². The summed E-state index contributed by atoms with van der Waals surface area (Å²) < 4.78 is 29.9. The fourth-order valence-electron chi connectivity index (χ4n) is 3.21. The summed E-state index contributed by atoms with van der Waals surface area (Å²) in [7, 11) is -2.22. The van der Waals surface area contributed by atoms with E-state index in [-0.39, 0.29) is 28.1 Å². The predicted octanol–water partition coefficient (Wildman–Crippen LogP) is 1.44. The van der Waals surface area contributed by atoms with Gasteiger partial charge in [-0.1, -0.05) is 11.6 Å². The van der Waals surface area contributed by atoms with E-state index < -0.39 is 10.0 Å². The molecule has 2 N–H and O–H groups in total. The van der Waals surface area contributed by atoms with Gasteiger partial charge in [-0.3, -0.25) is 9.67 Å². The van der Waals surface area contributed by atoms with Crippen molar-refractivity contribution in [2.24, 2.45) is 13.0 Å². The molecule has 1 saturated carbocycles. The summed E-state index contributed by atoms with van der Waals surface area (Å²) in [6.07, 6.45) is 4.68. The van der Waals surface area contributed by atoms with Gasteiger partial charge < -0.3 is 5.11 Å². The first-order valence-corrected chi connectivity index (χ1v) is 9.92. The Morgan fingerprint density at radius 2 is 2.04 bits per heavy atom. The van der Waals surface area contributed by atoms with Crippen LogP contribution in [-0.2, 0) is 23.5 Å². The Morgan fingerprint density at radius 3 is 2.56 bits per heavy atom. The molecule has 0 aliphatic heterocycles. The number of aliphatic hydroxyl groups is 1. The minimum Gasteiger partial charge on any atom is -0.393 e. The molecule has 1 fully saturated rings. The predicted molar refractivity (Wildman–Crippen MR) is 93.7 cm³/mol. The Hall–Kier alpha value is -1.48. The number of hydrogen-bond acceptors (Lipinski definition) is 5. The lowest BCUT2D eigenvalue weighted by Gasteiger charge is -2.38. The maximum absolute atomic E-state index is 12.9. The van der Waals surface area contributed by atoms with Gasteiger partial charge in [0.05, 0.1) is 11.8 Å². The van der Waals surface area contributed by atoms with E-state index in [1.807, 2.05) is 12.1 Å². The SMILES string of the molecule is Cc1nn(C)c(Cl)c1S(=O)(=O)N[C@@H](Cc1ccncc1)C1CC(O)C1. The van der Waals surface area contributed by atoms with Crippen LogP contribution in [0.15, 0.2) is 29.4 Å². The van der Waals surface area contributed by atoms with Gasteiger partial charge in [-0.15, -0.1) is 0 Å². The fourth-order valence-corrected chi connectivity index (χ4v) is 5.26. The zero-order chi connectivity index (χ0) is 18.2. The number of pyridine rings is 1. The van der Waals surface area contributed by atoms with Crippen molar-refractivity contribution in [1.29, 1.82) is 0 Å². The van der Waals surface area contributed by atoms with E-state index in [4.69, 9.17) is 11.6 Å². The summed E-state index contributed by atoms with van der Waals surface area (Å²) in [5, 5.41) is 13.8. The second-order valence-electron chi connectivity index (χ2n) is 6.50. The van der Waals surface area contributed by atoms with Gasteiger partial charge in [-0.25, -0.2) is 13.1 Å². The number of nitrogens with one attached hydrogen (secondary N) is 1. The van der Waals surface area contributed by atoms with Crippen LogP contribution in [0.5, 0.6) is 0 Å². The van der Waals surface area contributed by atoms with E-state index in [0.717, 1.165) is 5.56 Å². The molecule has 0 aromatic carbocycles. The van der Waals surface area contributed by atoms with Gasteiger partial charge in [0, 0.05) is 25.5 Å². The molecule has 2 heterocycles. The Labute approximate surface area is 152 Å². The quantitative estimate of drug-likeness (QED) is 0.785. The van der Waals surface area contributed by atoms with Crippen LogP contribution in [0.25, 0.3) is 0 Å². The largest absolute Gasteiger partial charge is 0.393 e. The highest BCUT2D eigenvalue weighted by atomic mass is 35.5. The standard InChI is InChI=1S/C16H21ClN4O3S/c1-10-15(16(17)21(2)19-10)25(23,24)20-14(12-8-13(22)9-12)7-11-3-5-18-6-4-11/h3-6,12-14,20,22H,7-9H2,1-2H3/t12?,13?,14-/m0/s1. The van der Waals surface area contributed by atoms with E-state index in [0.29, 0.717) is 25.0 Å². The number of sulfonamides is 1. The van der Waals surface area contributed by atoms with E-state index in [1.54, 1.807) is 26.4 Å². The normalized spacial score (nSPS) is 21.8. The number of aromatic nitrogens is 3. The van der Waals surface area contributed by atoms with Crippen LogP contribution in [0.4, 0.5) is 0 Å². The number of hydrogen-bond donors (Lipinski definition) is 2. The Morgan fingerprint density at radius 1 is 1.40 bits per heavy atom. The van der Waals surface area contributed by atoms with Crippen molar-refractivity contribution in [2.75, 3.05) is 0 Å². The molecule has 25 heavy (non-hydrogen) atoms. The minimum atomic E-state index is -3.82. The second kappa shape index (κ2) is 7.03. The zero-order valence-electron chi connectivity index (χ0n) is 14.1. The van der Waals surface area contributed by atoms with Crippen LogP contribution >= 0.6 is 11.6 Å². The van der Waals surface area contributed by atoms with Crippen molar-refractivity contribution in [3.05, 3.63) is 40.9 Å². The highest BCUT2D eigenvalue weighted by Gasteiger charge is 2.37. The number of rotatable bonds is 6. The van der Waals surface area contributed by atoms with Crippen LogP contribution in [0.2, 0.25) is 5.15 Å². The third-order valence-electron chi connectivity index (χ3n) is 4.60. The molecule has 9 heteroatoms. The molecule has 0 radical (unpaired) electrons. The molecule has 2 aromatic rings. The number of nitrogens with zero attached hydrogens (tertiary/aromatic N) is 3. The third kappa shape index (κ3) is 3.87. The monoisotopic (exact) mass is 384 g/mol. The van der Waals surface area contributed by atoms with Crippen molar-refractivity contribution in [2.45, 2.75) is 43.2 Å². The summed E-state index contributed by atoms with van der Waals surface area (Å²) in [4.78, 5) is 4.00. The average molecular weight is 385 g/mol. The minimum absolute atomic E-state index is 0.0104. The average Bonchev–Trinajstić information content (AvgIpc) is 2.77. The summed E-state index contributed by atoms with van der Waals surface area (Å²) in [5.74, 6) is 0.0775. The summed E-state index contributed by atoms with van der Waals surface area (Å²) in [6, 6.07) is 3.39. The molecule has 0 saturated heterocycles. The number of aliphatic hydroxyl groups excluding tert-OH is 1. The fraction of sp³-hybridized carbons (Fsp3) is 0.500. The summed E-state index contributed by atoms with van der Waals surface area (Å²) in [6.45, 7) is 1.62. The highest BCUT2D eigenvalue weighted by Crippen LogP contribution is 2.33. The smallest absolute Gasteiger partial charge is 0.245 e. The number of aryl methyl sites for hydroxylation is 2. The summed E-state index contributed by atoms with van der Waals surface area (Å²) >= 11 is 6.13. The molecule has 0 bridgehead atoms. The first kappa shape index (κ1) is 18.3. The van der Waals surface area contributed by atoms with Gasteiger partial charge in [0.15, 0.2) is 0 Å². The highest BCUT2D eigenvalue weighted by molar-refractivity contribution is 7.89. The molecule has 1 aliphatic carbocycles. The van der Waals surface area contributed by atoms with Crippen LogP contribution in [-0.4, -0.2) is 40.4 Å². The van der Waals surface area contributed by atoms with Gasteiger partial charge >= 0.3 is 0 Å². The maximum Gasteiger partial charge on any atom is 0.245 e. The first-order valence-electron chi connectivity index (χ1n) is 8.06. The Bertz CT molecular complexity index is 848. The van der Waals surface area contributed by atoms with Crippen molar-refractivity contribution in [1.82, 2.24) is 19.5 Å². The van der Waals surface area contributed by atoms with Gasteiger partial charge in [-0.05, 0) is 49.8 Å². The van der Waals surface area contributed by atoms with Crippen LogP contribution in [0.1, 0.15) is 24.1 Å². The molecular weight excluding hydrogens is 364 g/mol. The molecular formula is C16H21ClN4O3S. The van der Waals surface area contributed by atoms with E-state index in [2.05, 4.69) is 14.8 Å². The molecule has 1 aliphatic rings. The van der Waals surface area contributed by atoms with Crippen LogP contribution in [0.3, 0.4) is 0 Å². The van der Waals surface area contributed by atoms with E-state index in [9.17, 15) is 13.5 Å². The Kier molecular flexibility index (Phi) is 5.15. The van der Waals surface area contributed by atoms with Crippen molar-refractivity contribution >= 4 is 21.6 Å². The van der Waals surface area contributed by atoms with Crippen molar-refractivity contribution in [3.63, 3.8) is 0 Å². The zero-order valence-corrected chi connectivity index (χ0v) is 15.6. The Balaban J connectivity index is 1.86.